The Labute approximate surface area is 162 Å². The Balaban J connectivity index is 1.35. The number of H-pyrrole nitrogens is 1. The number of carbonyl (C=O) groups excluding carboxylic acids is 1. The second kappa shape index (κ2) is 7.80. The van der Waals surface area contributed by atoms with Gasteiger partial charge in [0.15, 0.2) is 0 Å². The summed E-state index contributed by atoms with van der Waals surface area (Å²) < 4.78 is 5.74. The second-order valence-electron chi connectivity index (χ2n) is 6.54. The van der Waals surface area contributed by atoms with Crippen LogP contribution in [0, 0.1) is 0 Å². The lowest BCUT2D eigenvalue weighted by atomic mass is 10.1. The summed E-state index contributed by atoms with van der Waals surface area (Å²) in [4.78, 5) is 18.4. The van der Waals surface area contributed by atoms with E-state index in [2.05, 4.69) is 15.2 Å². The van der Waals surface area contributed by atoms with E-state index in [4.69, 9.17) is 16.3 Å². The minimum absolute atomic E-state index is 0.0208. The van der Waals surface area contributed by atoms with Crippen molar-refractivity contribution in [2.24, 2.45) is 0 Å². The van der Waals surface area contributed by atoms with Gasteiger partial charge in [-0.15, -0.1) is 0 Å². The van der Waals surface area contributed by atoms with Crippen LogP contribution >= 0.6 is 11.6 Å². The number of nitrogens with zero attached hydrogens (tertiary/aromatic N) is 3. The normalized spacial score (nSPS) is 16.5. The number of likely N-dealkylation sites (tertiary alicyclic amines) is 1. The van der Waals surface area contributed by atoms with E-state index < -0.39 is 0 Å². The second-order valence-corrected chi connectivity index (χ2v) is 6.98. The van der Waals surface area contributed by atoms with Crippen LogP contribution in [0.25, 0.3) is 0 Å². The molecule has 0 spiro atoms. The van der Waals surface area contributed by atoms with Crippen molar-refractivity contribution < 1.29 is 9.53 Å². The first-order valence-electron chi connectivity index (χ1n) is 8.81. The summed E-state index contributed by atoms with van der Waals surface area (Å²) in [5.74, 6) is 1.00. The lowest BCUT2D eigenvalue weighted by Gasteiger charge is -2.15. The van der Waals surface area contributed by atoms with Gasteiger partial charge in [0.2, 0.25) is 0 Å². The van der Waals surface area contributed by atoms with Crippen LogP contribution < -0.4 is 4.74 Å². The molecule has 138 valence electrons. The minimum atomic E-state index is 0.0208. The maximum absolute atomic E-state index is 12.5. The molecule has 0 aliphatic carbocycles. The molecule has 7 heteroatoms. The fourth-order valence-corrected chi connectivity index (χ4v) is 3.34. The number of hydrogen-bond donors (Lipinski definition) is 1. The summed E-state index contributed by atoms with van der Waals surface area (Å²) in [6.45, 7) is 1.79. The van der Waals surface area contributed by atoms with Crippen LogP contribution in [0.15, 0.2) is 54.9 Å². The molecular weight excluding hydrogens is 364 g/mol. The zero-order valence-corrected chi connectivity index (χ0v) is 15.4. The third-order valence-electron chi connectivity index (χ3n) is 4.66. The molecule has 1 aliphatic rings. The number of pyridine rings is 1. The van der Waals surface area contributed by atoms with E-state index in [0.717, 1.165) is 30.1 Å². The van der Waals surface area contributed by atoms with E-state index in [1.807, 2.05) is 23.1 Å². The van der Waals surface area contributed by atoms with E-state index in [0.29, 0.717) is 23.7 Å². The van der Waals surface area contributed by atoms with Gasteiger partial charge < -0.3 is 9.64 Å². The molecule has 0 radical (unpaired) electrons. The Morgan fingerprint density at radius 3 is 2.93 bits per heavy atom. The molecule has 3 heterocycles. The topological polar surface area (TPSA) is 71.1 Å². The molecule has 1 aliphatic heterocycles. The van der Waals surface area contributed by atoms with E-state index in [9.17, 15) is 4.79 Å². The Morgan fingerprint density at radius 1 is 1.30 bits per heavy atom. The van der Waals surface area contributed by atoms with Gasteiger partial charge in [-0.1, -0.05) is 11.6 Å². The van der Waals surface area contributed by atoms with Gasteiger partial charge in [0.05, 0.1) is 17.0 Å². The largest absolute Gasteiger partial charge is 0.487 e. The molecule has 0 bridgehead atoms. The number of benzene rings is 1. The smallest absolute Gasteiger partial charge is 0.255 e. The lowest BCUT2D eigenvalue weighted by Crippen LogP contribution is -2.28. The molecule has 1 fully saturated rings. The average Bonchev–Trinajstić information content (AvgIpc) is 3.37. The summed E-state index contributed by atoms with van der Waals surface area (Å²) in [6, 6.07) is 12.8. The number of hydrogen-bond acceptors (Lipinski definition) is 4. The molecule has 3 aromatic rings. The SMILES string of the molecule is O=C(c1cccnc1)N1CCC(c2cc(COc3ccc(Cl)cc3)[nH]n2)C1. The van der Waals surface area contributed by atoms with Gasteiger partial charge in [-0.05, 0) is 48.9 Å². The number of halogens is 1. The maximum atomic E-state index is 12.5. The fraction of sp³-hybridized carbons (Fsp3) is 0.250. The highest BCUT2D eigenvalue weighted by atomic mass is 35.5. The molecule has 4 rings (SSSR count). The molecule has 1 atom stereocenters. The first-order chi connectivity index (χ1) is 13.2. The predicted octanol–water partition coefficient (Wildman–Crippen LogP) is 3.67. The molecule has 1 unspecified atom stereocenters. The molecule has 1 aromatic carbocycles. The zero-order valence-electron chi connectivity index (χ0n) is 14.6. The van der Waals surface area contributed by atoms with E-state index >= 15 is 0 Å². The Kier molecular flexibility index (Phi) is 5.07. The number of ether oxygens (including phenoxy) is 1. The molecule has 27 heavy (non-hydrogen) atoms. The van der Waals surface area contributed by atoms with Gasteiger partial charge in [-0.2, -0.15) is 5.10 Å². The Hall–Kier alpha value is -2.86. The van der Waals surface area contributed by atoms with Crippen molar-refractivity contribution in [3.63, 3.8) is 0 Å². The summed E-state index contributed by atoms with van der Waals surface area (Å²) >= 11 is 5.87. The molecule has 1 N–H and O–H groups in total. The average molecular weight is 383 g/mol. The summed E-state index contributed by atoms with van der Waals surface area (Å²) in [5.41, 5.74) is 2.49. The van der Waals surface area contributed by atoms with Gasteiger partial charge in [0.1, 0.15) is 12.4 Å². The van der Waals surface area contributed by atoms with Crippen molar-refractivity contribution >= 4 is 17.5 Å². The van der Waals surface area contributed by atoms with Crippen LogP contribution in [0.2, 0.25) is 5.02 Å². The molecule has 0 saturated carbocycles. The van der Waals surface area contributed by atoms with Gasteiger partial charge in [0, 0.05) is 36.4 Å². The van der Waals surface area contributed by atoms with Crippen LogP contribution in [-0.4, -0.2) is 39.1 Å². The Morgan fingerprint density at radius 2 is 2.15 bits per heavy atom. The van der Waals surface area contributed by atoms with E-state index in [1.165, 1.54) is 0 Å². The van der Waals surface area contributed by atoms with Crippen LogP contribution in [0.3, 0.4) is 0 Å². The monoisotopic (exact) mass is 382 g/mol. The number of aromatic amines is 1. The van der Waals surface area contributed by atoms with Crippen molar-refractivity contribution in [3.05, 3.63) is 76.8 Å². The minimum Gasteiger partial charge on any atom is -0.487 e. The van der Waals surface area contributed by atoms with E-state index in [1.54, 1.807) is 36.7 Å². The van der Waals surface area contributed by atoms with Gasteiger partial charge in [-0.25, -0.2) is 0 Å². The van der Waals surface area contributed by atoms with Crippen molar-refractivity contribution in [3.8, 4) is 5.75 Å². The summed E-state index contributed by atoms with van der Waals surface area (Å²) in [5, 5.41) is 8.12. The van der Waals surface area contributed by atoms with Crippen LogP contribution in [0.1, 0.15) is 34.1 Å². The third kappa shape index (κ3) is 4.11. The number of rotatable bonds is 5. The third-order valence-corrected chi connectivity index (χ3v) is 4.91. The Bertz CT molecular complexity index is 911. The maximum Gasteiger partial charge on any atom is 0.255 e. The van der Waals surface area contributed by atoms with Gasteiger partial charge in [0.25, 0.3) is 5.91 Å². The number of amides is 1. The van der Waals surface area contributed by atoms with Crippen molar-refractivity contribution in [2.75, 3.05) is 13.1 Å². The summed E-state index contributed by atoms with van der Waals surface area (Å²) in [7, 11) is 0. The highest BCUT2D eigenvalue weighted by molar-refractivity contribution is 6.30. The van der Waals surface area contributed by atoms with E-state index in [-0.39, 0.29) is 11.8 Å². The first-order valence-corrected chi connectivity index (χ1v) is 9.19. The molecule has 6 nitrogen and oxygen atoms in total. The molecule has 1 amide bonds. The quantitative estimate of drug-likeness (QED) is 0.730. The highest BCUT2D eigenvalue weighted by Gasteiger charge is 2.29. The molecule has 1 saturated heterocycles. The van der Waals surface area contributed by atoms with Gasteiger partial charge >= 0.3 is 0 Å². The molecule has 2 aromatic heterocycles. The van der Waals surface area contributed by atoms with Crippen LogP contribution in [0.4, 0.5) is 0 Å². The first kappa shape index (κ1) is 17.5. The number of aromatic nitrogens is 3. The van der Waals surface area contributed by atoms with Crippen LogP contribution in [0.5, 0.6) is 5.75 Å². The number of nitrogens with one attached hydrogen (secondary N) is 1. The van der Waals surface area contributed by atoms with Crippen molar-refractivity contribution in [2.45, 2.75) is 18.9 Å². The zero-order chi connectivity index (χ0) is 18.6. The number of carbonyl (C=O) groups is 1. The molecular formula is C20H19ClN4O2. The lowest BCUT2D eigenvalue weighted by molar-refractivity contribution is 0.0790. The fourth-order valence-electron chi connectivity index (χ4n) is 3.21. The van der Waals surface area contributed by atoms with Gasteiger partial charge in [-0.3, -0.25) is 14.9 Å². The van der Waals surface area contributed by atoms with Crippen LogP contribution in [-0.2, 0) is 6.61 Å². The predicted molar refractivity (Wildman–Crippen MR) is 102 cm³/mol. The standard InChI is InChI=1S/C20H19ClN4O2/c21-16-3-5-18(6-4-16)27-13-17-10-19(24-23-17)15-7-9-25(12-15)20(26)14-2-1-8-22-11-14/h1-6,8,10-11,15H,7,9,12-13H2,(H,23,24). The van der Waals surface area contributed by atoms with Crippen molar-refractivity contribution in [1.82, 2.24) is 20.1 Å². The van der Waals surface area contributed by atoms with Crippen molar-refractivity contribution in [1.29, 1.82) is 0 Å². The summed E-state index contributed by atoms with van der Waals surface area (Å²) in [6.07, 6.45) is 4.17. The highest BCUT2D eigenvalue weighted by Crippen LogP contribution is 2.27.